The van der Waals surface area contributed by atoms with Gasteiger partial charge in [0.1, 0.15) is 0 Å². The molecule has 0 radical (unpaired) electrons. The molecule has 30 heavy (non-hydrogen) atoms. The van der Waals surface area contributed by atoms with E-state index in [0.717, 1.165) is 37.8 Å². The molecule has 0 unspecified atom stereocenters. The average Bonchev–Trinajstić information content (AvgIpc) is 2.70. The van der Waals surface area contributed by atoms with Crippen molar-refractivity contribution in [3.8, 4) is 11.8 Å². The fourth-order valence-corrected chi connectivity index (χ4v) is 3.17. The van der Waals surface area contributed by atoms with Crippen molar-refractivity contribution in [1.29, 1.82) is 0 Å². The van der Waals surface area contributed by atoms with E-state index in [0.29, 0.717) is 18.1 Å². The third-order valence-electron chi connectivity index (χ3n) is 4.68. The predicted molar refractivity (Wildman–Crippen MR) is 121 cm³/mol. The number of nitrogens with zero attached hydrogens (tertiary/aromatic N) is 1. The number of halogens is 4. The summed E-state index contributed by atoms with van der Waals surface area (Å²) in [5.74, 6) is 5.94. The minimum Gasteiger partial charge on any atom is -0.466 e. The number of nitrogens with one attached hydrogen (secondary N) is 2. The summed E-state index contributed by atoms with van der Waals surface area (Å²) in [5, 5.41) is 6.33. The van der Waals surface area contributed by atoms with Crippen LogP contribution < -0.4 is 10.6 Å². The maximum atomic E-state index is 12.7. The van der Waals surface area contributed by atoms with Gasteiger partial charge in [-0.2, -0.15) is 13.2 Å². The first-order valence-electron chi connectivity index (χ1n) is 9.63. The van der Waals surface area contributed by atoms with Gasteiger partial charge in [-0.05, 0) is 50.8 Å². The van der Waals surface area contributed by atoms with Gasteiger partial charge in [-0.15, -0.1) is 24.0 Å². The number of hydrogen-bond donors (Lipinski definition) is 2. The van der Waals surface area contributed by atoms with Crippen molar-refractivity contribution in [2.75, 3.05) is 20.2 Å². The Hall–Kier alpha value is -1.96. The normalized spacial score (nSPS) is 19.0. The van der Waals surface area contributed by atoms with Crippen LogP contribution in [0.15, 0.2) is 29.3 Å². The Balaban J connectivity index is 0.00000450. The molecule has 0 amide bonds. The van der Waals surface area contributed by atoms with E-state index < -0.39 is 11.7 Å². The molecule has 9 heteroatoms. The number of guanidine groups is 1. The number of carbonyl (C=O) groups is 1. The molecule has 0 aliphatic heterocycles. The highest BCUT2D eigenvalue weighted by Gasteiger charge is 2.30. The maximum absolute atomic E-state index is 12.7. The van der Waals surface area contributed by atoms with E-state index in [2.05, 4.69) is 27.5 Å². The molecule has 2 N–H and O–H groups in total. The molecule has 1 aliphatic rings. The van der Waals surface area contributed by atoms with Gasteiger partial charge in [0, 0.05) is 18.7 Å². The summed E-state index contributed by atoms with van der Waals surface area (Å²) in [5.41, 5.74) is -0.407. The maximum Gasteiger partial charge on any atom is 0.416 e. The van der Waals surface area contributed by atoms with Gasteiger partial charge in [-0.25, -0.2) is 0 Å². The van der Waals surface area contributed by atoms with Gasteiger partial charge in [0.15, 0.2) is 5.96 Å². The van der Waals surface area contributed by atoms with Crippen molar-refractivity contribution in [2.45, 2.75) is 44.8 Å². The molecule has 1 fully saturated rings. The van der Waals surface area contributed by atoms with E-state index >= 15 is 0 Å². The van der Waals surface area contributed by atoms with E-state index in [1.807, 2.05) is 0 Å². The molecule has 0 atom stereocenters. The van der Waals surface area contributed by atoms with Gasteiger partial charge in [-0.3, -0.25) is 9.79 Å². The predicted octanol–water partition coefficient (Wildman–Crippen LogP) is 3.96. The van der Waals surface area contributed by atoms with Crippen LogP contribution in [0.2, 0.25) is 0 Å². The van der Waals surface area contributed by atoms with E-state index in [9.17, 15) is 18.0 Å². The van der Waals surface area contributed by atoms with Crippen molar-refractivity contribution in [3.05, 3.63) is 35.4 Å². The van der Waals surface area contributed by atoms with Gasteiger partial charge in [0.05, 0.1) is 24.6 Å². The zero-order valence-corrected chi connectivity index (χ0v) is 19.3. The van der Waals surface area contributed by atoms with Crippen molar-refractivity contribution >= 4 is 35.9 Å². The number of rotatable bonds is 4. The number of alkyl halides is 3. The molecule has 0 saturated heterocycles. The lowest BCUT2D eigenvalue weighted by molar-refractivity contribution is -0.149. The van der Waals surface area contributed by atoms with Crippen LogP contribution in [0.4, 0.5) is 13.2 Å². The molecule has 0 spiro atoms. The zero-order valence-electron chi connectivity index (χ0n) is 17.0. The monoisotopic (exact) mass is 537 g/mol. The van der Waals surface area contributed by atoms with Crippen LogP contribution >= 0.6 is 24.0 Å². The van der Waals surface area contributed by atoms with E-state index in [1.165, 1.54) is 12.1 Å². The fraction of sp³-hybridized carbons (Fsp3) is 0.524. The molecule has 166 valence electrons. The van der Waals surface area contributed by atoms with Gasteiger partial charge in [0.2, 0.25) is 0 Å². The fourth-order valence-electron chi connectivity index (χ4n) is 3.17. The topological polar surface area (TPSA) is 62.7 Å². The van der Waals surface area contributed by atoms with Crippen LogP contribution in [0, 0.1) is 17.8 Å². The van der Waals surface area contributed by atoms with Crippen molar-refractivity contribution < 1.29 is 22.7 Å². The second-order valence-corrected chi connectivity index (χ2v) is 6.75. The van der Waals surface area contributed by atoms with Crippen LogP contribution in [0.25, 0.3) is 0 Å². The molecule has 1 saturated carbocycles. The molecule has 5 nitrogen and oxygen atoms in total. The highest BCUT2D eigenvalue weighted by molar-refractivity contribution is 14.0. The number of esters is 1. The SMILES string of the molecule is CCOC(=O)C1CCC(NC(=NC)NCC#Cc2cccc(C(F)(F)F)c2)CC1.I. The van der Waals surface area contributed by atoms with Crippen molar-refractivity contribution in [1.82, 2.24) is 10.6 Å². The molecule has 1 aromatic rings. The molecule has 0 aromatic heterocycles. The lowest BCUT2D eigenvalue weighted by Crippen LogP contribution is -2.45. The second-order valence-electron chi connectivity index (χ2n) is 6.75. The van der Waals surface area contributed by atoms with Gasteiger partial charge < -0.3 is 15.4 Å². The van der Waals surface area contributed by atoms with E-state index in [-0.39, 0.29) is 48.5 Å². The Kier molecular flexibility index (Phi) is 11.0. The van der Waals surface area contributed by atoms with Crippen LogP contribution in [-0.4, -0.2) is 38.2 Å². The summed E-state index contributed by atoms with van der Waals surface area (Å²) in [6.07, 6.45) is -1.18. The van der Waals surface area contributed by atoms with E-state index in [4.69, 9.17) is 4.74 Å². The Morgan fingerprint density at radius 1 is 1.27 bits per heavy atom. The number of benzene rings is 1. The average molecular weight is 537 g/mol. The zero-order chi connectivity index (χ0) is 21.3. The highest BCUT2D eigenvalue weighted by atomic mass is 127. The minimum absolute atomic E-state index is 0. The molecule has 1 aliphatic carbocycles. The molecule has 0 bridgehead atoms. The lowest BCUT2D eigenvalue weighted by Gasteiger charge is -2.28. The van der Waals surface area contributed by atoms with Gasteiger partial charge in [0.25, 0.3) is 0 Å². The first kappa shape index (κ1) is 26.1. The Morgan fingerprint density at radius 2 is 1.97 bits per heavy atom. The first-order chi connectivity index (χ1) is 13.8. The van der Waals surface area contributed by atoms with Crippen LogP contribution in [0.1, 0.15) is 43.7 Å². The summed E-state index contributed by atoms with van der Waals surface area (Å²) in [6, 6.07) is 5.13. The van der Waals surface area contributed by atoms with Crippen molar-refractivity contribution in [3.63, 3.8) is 0 Å². The number of hydrogen-bond acceptors (Lipinski definition) is 3. The third kappa shape index (κ3) is 8.42. The summed E-state index contributed by atoms with van der Waals surface area (Å²) in [7, 11) is 1.64. The quantitative estimate of drug-likeness (QED) is 0.201. The number of carbonyl (C=O) groups excluding carboxylic acids is 1. The summed E-state index contributed by atoms with van der Waals surface area (Å²) < 4.78 is 43.3. The van der Waals surface area contributed by atoms with Crippen LogP contribution in [0.5, 0.6) is 0 Å². The standard InChI is InChI=1S/C21H26F3N3O2.HI/c1-3-29-19(28)16-9-11-18(12-10-16)27-20(25-2)26-13-5-7-15-6-4-8-17(14-15)21(22,23)24;/h4,6,8,14,16,18H,3,9-13H2,1-2H3,(H2,25,26,27);1H. The number of ether oxygens (including phenoxy) is 1. The lowest BCUT2D eigenvalue weighted by atomic mass is 9.86. The van der Waals surface area contributed by atoms with Gasteiger partial charge in [-0.1, -0.05) is 17.9 Å². The van der Waals surface area contributed by atoms with Gasteiger partial charge >= 0.3 is 12.1 Å². The smallest absolute Gasteiger partial charge is 0.416 e. The second kappa shape index (κ2) is 12.7. The third-order valence-corrected chi connectivity index (χ3v) is 4.68. The van der Waals surface area contributed by atoms with Crippen molar-refractivity contribution in [2.24, 2.45) is 10.9 Å². The number of aliphatic imine (C=N–C) groups is 1. The Bertz CT molecular complexity index is 780. The minimum atomic E-state index is -4.38. The molecular formula is C21H27F3IN3O2. The van der Waals surface area contributed by atoms with Crippen LogP contribution in [-0.2, 0) is 15.7 Å². The summed E-state index contributed by atoms with van der Waals surface area (Å²) >= 11 is 0. The molecule has 1 aromatic carbocycles. The van der Waals surface area contributed by atoms with Crippen LogP contribution in [0.3, 0.4) is 0 Å². The Morgan fingerprint density at radius 3 is 2.57 bits per heavy atom. The molecular weight excluding hydrogens is 510 g/mol. The summed E-state index contributed by atoms with van der Waals surface area (Å²) in [6.45, 7) is 2.44. The summed E-state index contributed by atoms with van der Waals surface area (Å²) in [4.78, 5) is 15.9. The largest absolute Gasteiger partial charge is 0.466 e. The highest BCUT2D eigenvalue weighted by Crippen LogP contribution is 2.29. The van der Waals surface area contributed by atoms with E-state index in [1.54, 1.807) is 14.0 Å². The Labute approximate surface area is 192 Å². The first-order valence-corrected chi connectivity index (χ1v) is 9.63. The molecule has 0 heterocycles. The molecule has 2 rings (SSSR count).